The van der Waals surface area contributed by atoms with Crippen molar-refractivity contribution in [1.29, 1.82) is 0 Å². The molecule has 1 heterocycles. The minimum Gasteiger partial charge on any atom is -0.353 e. The van der Waals surface area contributed by atoms with E-state index in [0.29, 0.717) is 24.7 Å². The Morgan fingerprint density at radius 1 is 1.50 bits per heavy atom. The van der Waals surface area contributed by atoms with Crippen LogP contribution in [0.3, 0.4) is 0 Å². The molecule has 1 aromatic rings. The Morgan fingerprint density at radius 3 is 2.83 bits per heavy atom. The van der Waals surface area contributed by atoms with Gasteiger partial charge < -0.3 is 10.2 Å². The first-order valence-corrected chi connectivity index (χ1v) is 8.38. The maximum atomic E-state index is 13.2. The largest absolute Gasteiger partial charge is 0.353 e. The van der Waals surface area contributed by atoms with E-state index in [4.69, 9.17) is 11.6 Å². The molecule has 2 rings (SSSR count). The Kier molecular flexibility index (Phi) is 6.18. The van der Waals surface area contributed by atoms with Crippen molar-refractivity contribution in [3.05, 3.63) is 34.6 Å². The molecule has 24 heavy (non-hydrogen) atoms. The summed E-state index contributed by atoms with van der Waals surface area (Å²) in [5, 5.41) is 3.13. The molecule has 1 saturated heterocycles. The highest BCUT2D eigenvalue weighted by Crippen LogP contribution is 2.22. The molecule has 1 atom stereocenters. The van der Waals surface area contributed by atoms with Crippen LogP contribution in [-0.2, 0) is 16.1 Å². The van der Waals surface area contributed by atoms with Gasteiger partial charge in [-0.05, 0) is 31.5 Å². The molecule has 132 valence electrons. The summed E-state index contributed by atoms with van der Waals surface area (Å²) in [5.41, 5.74) is 0.738. The van der Waals surface area contributed by atoms with Gasteiger partial charge in [0.25, 0.3) is 0 Å². The average Bonchev–Trinajstić information content (AvgIpc) is 2.52. The van der Waals surface area contributed by atoms with Crippen LogP contribution >= 0.6 is 11.6 Å². The summed E-state index contributed by atoms with van der Waals surface area (Å²) in [7, 11) is 1.73. The first-order chi connectivity index (χ1) is 11.3. The number of carbonyl (C=O) groups excluding carboxylic acids is 2. The van der Waals surface area contributed by atoms with Crippen LogP contribution in [-0.4, -0.2) is 53.8 Å². The molecule has 1 aliphatic heterocycles. The summed E-state index contributed by atoms with van der Waals surface area (Å²) >= 11 is 6.09. The smallest absolute Gasteiger partial charge is 0.237 e. The Labute approximate surface area is 146 Å². The van der Waals surface area contributed by atoms with Gasteiger partial charge >= 0.3 is 0 Å². The minimum absolute atomic E-state index is 0.0733. The topological polar surface area (TPSA) is 52.7 Å². The summed E-state index contributed by atoms with van der Waals surface area (Å²) in [6.07, 6.45) is 0.110. The quantitative estimate of drug-likeness (QED) is 0.879. The molecular weight excluding hydrogens is 333 g/mol. The standard InChI is InChI=1S/C17H23ClFN3O2/c1-11(2)21(3)16(23)9-15-17(24)20-6-7-22(15)10-12-4-5-13(19)8-14(12)18/h4-5,8,11,15H,6-7,9-10H2,1-3H3,(H,20,24). The van der Waals surface area contributed by atoms with Crippen molar-refractivity contribution >= 4 is 23.4 Å². The fraction of sp³-hybridized carbons (Fsp3) is 0.529. The predicted molar refractivity (Wildman–Crippen MR) is 91.1 cm³/mol. The lowest BCUT2D eigenvalue weighted by atomic mass is 10.1. The highest BCUT2D eigenvalue weighted by molar-refractivity contribution is 6.31. The molecule has 1 aliphatic rings. The number of piperazine rings is 1. The van der Waals surface area contributed by atoms with Gasteiger partial charge in [0.1, 0.15) is 5.82 Å². The van der Waals surface area contributed by atoms with E-state index in [1.807, 2.05) is 18.7 Å². The molecule has 2 amide bonds. The van der Waals surface area contributed by atoms with Crippen LogP contribution in [0.25, 0.3) is 0 Å². The summed E-state index contributed by atoms with van der Waals surface area (Å²) in [6.45, 7) is 5.38. The number of hydrogen-bond acceptors (Lipinski definition) is 3. The molecule has 1 N–H and O–H groups in total. The number of amides is 2. The molecule has 0 saturated carbocycles. The zero-order valence-corrected chi connectivity index (χ0v) is 14.9. The van der Waals surface area contributed by atoms with Crippen molar-refractivity contribution in [3.8, 4) is 0 Å². The highest BCUT2D eigenvalue weighted by atomic mass is 35.5. The van der Waals surface area contributed by atoms with Gasteiger partial charge in [-0.2, -0.15) is 0 Å². The first-order valence-electron chi connectivity index (χ1n) is 8.01. The van der Waals surface area contributed by atoms with Gasteiger partial charge in [0.2, 0.25) is 11.8 Å². The van der Waals surface area contributed by atoms with Gasteiger partial charge in [-0.1, -0.05) is 17.7 Å². The second-order valence-electron chi connectivity index (χ2n) is 6.32. The van der Waals surface area contributed by atoms with Crippen molar-refractivity contribution in [1.82, 2.24) is 15.1 Å². The van der Waals surface area contributed by atoms with Gasteiger partial charge in [-0.25, -0.2) is 4.39 Å². The van der Waals surface area contributed by atoms with Crippen LogP contribution in [0.2, 0.25) is 5.02 Å². The molecule has 1 aromatic carbocycles. The summed E-state index contributed by atoms with van der Waals surface area (Å²) in [4.78, 5) is 28.1. The number of benzene rings is 1. The van der Waals surface area contributed by atoms with E-state index in [9.17, 15) is 14.0 Å². The SMILES string of the molecule is CC(C)N(C)C(=O)CC1C(=O)NCCN1Cc1ccc(F)cc1Cl. The van der Waals surface area contributed by atoms with E-state index in [-0.39, 0.29) is 24.3 Å². The van der Waals surface area contributed by atoms with Crippen LogP contribution in [0.1, 0.15) is 25.8 Å². The third-order valence-electron chi connectivity index (χ3n) is 4.37. The summed E-state index contributed by atoms with van der Waals surface area (Å²) < 4.78 is 13.2. The summed E-state index contributed by atoms with van der Waals surface area (Å²) in [5.74, 6) is -0.641. The van der Waals surface area contributed by atoms with Gasteiger partial charge in [0, 0.05) is 37.7 Å². The van der Waals surface area contributed by atoms with E-state index in [1.165, 1.54) is 12.1 Å². The van der Waals surface area contributed by atoms with Gasteiger partial charge in [0.05, 0.1) is 12.5 Å². The number of carbonyl (C=O) groups is 2. The van der Waals surface area contributed by atoms with Crippen LogP contribution in [0, 0.1) is 5.82 Å². The molecule has 7 heteroatoms. The maximum Gasteiger partial charge on any atom is 0.237 e. The number of hydrogen-bond donors (Lipinski definition) is 1. The van der Waals surface area contributed by atoms with Gasteiger partial charge in [-0.15, -0.1) is 0 Å². The normalized spacial score (nSPS) is 18.6. The number of rotatable bonds is 5. The number of nitrogens with one attached hydrogen (secondary N) is 1. The molecule has 0 spiro atoms. The van der Waals surface area contributed by atoms with Crippen molar-refractivity contribution in [2.45, 2.75) is 38.9 Å². The molecule has 0 bridgehead atoms. The van der Waals surface area contributed by atoms with E-state index >= 15 is 0 Å². The molecule has 0 aliphatic carbocycles. The lowest BCUT2D eigenvalue weighted by molar-refractivity contribution is -0.139. The molecule has 0 radical (unpaired) electrons. The zero-order chi connectivity index (χ0) is 17.9. The van der Waals surface area contributed by atoms with Crippen molar-refractivity contribution < 1.29 is 14.0 Å². The third kappa shape index (κ3) is 4.45. The van der Waals surface area contributed by atoms with Crippen LogP contribution in [0.4, 0.5) is 4.39 Å². The van der Waals surface area contributed by atoms with Gasteiger partial charge in [0.15, 0.2) is 0 Å². The Hall–Kier alpha value is -1.66. The fourth-order valence-corrected chi connectivity index (χ4v) is 2.87. The van der Waals surface area contributed by atoms with Crippen LogP contribution in [0.15, 0.2) is 18.2 Å². The van der Waals surface area contributed by atoms with Crippen LogP contribution < -0.4 is 5.32 Å². The number of nitrogens with zero attached hydrogens (tertiary/aromatic N) is 2. The predicted octanol–water partition coefficient (Wildman–Crippen LogP) is 2.04. The number of halogens is 2. The van der Waals surface area contributed by atoms with Crippen molar-refractivity contribution in [3.63, 3.8) is 0 Å². The monoisotopic (exact) mass is 355 g/mol. The fourth-order valence-electron chi connectivity index (χ4n) is 2.64. The molecule has 1 unspecified atom stereocenters. The Morgan fingerprint density at radius 2 is 2.21 bits per heavy atom. The molecule has 5 nitrogen and oxygen atoms in total. The molecule has 1 fully saturated rings. The zero-order valence-electron chi connectivity index (χ0n) is 14.2. The molecular formula is C17H23ClFN3O2. The van der Waals surface area contributed by atoms with Crippen LogP contribution in [0.5, 0.6) is 0 Å². The van der Waals surface area contributed by atoms with E-state index in [1.54, 1.807) is 18.0 Å². The lowest BCUT2D eigenvalue weighted by Crippen LogP contribution is -2.56. The Bertz CT molecular complexity index is 624. The Balaban J connectivity index is 2.13. The average molecular weight is 356 g/mol. The third-order valence-corrected chi connectivity index (χ3v) is 4.72. The minimum atomic E-state index is -0.548. The second-order valence-corrected chi connectivity index (χ2v) is 6.72. The van der Waals surface area contributed by atoms with Crippen molar-refractivity contribution in [2.24, 2.45) is 0 Å². The lowest BCUT2D eigenvalue weighted by Gasteiger charge is -2.36. The maximum absolute atomic E-state index is 13.2. The van der Waals surface area contributed by atoms with E-state index in [0.717, 1.165) is 5.56 Å². The molecule has 0 aromatic heterocycles. The highest BCUT2D eigenvalue weighted by Gasteiger charge is 2.33. The van der Waals surface area contributed by atoms with Crippen molar-refractivity contribution in [2.75, 3.05) is 20.1 Å². The first kappa shape index (κ1) is 18.7. The van der Waals surface area contributed by atoms with Gasteiger partial charge in [-0.3, -0.25) is 14.5 Å². The van der Waals surface area contributed by atoms with E-state index < -0.39 is 11.9 Å². The second kappa shape index (κ2) is 7.94. The van der Waals surface area contributed by atoms with E-state index in [2.05, 4.69) is 5.32 Å². The summed E-state index contributed by atoms with van der Waals surface area (Å²) in [6, 6.07) is 3.74.